The summed E-state index contributed by atoms with van der Waals surface area (Å²) in [5.74, 6) is 0.225. The molecule has 1 fully saturated rings. The fourth-order valence-electron chi connectivity index (χ4n) is 2.22. The van der Waals surface area contributed by atoms with E-state index in [1.54, 1.807) is 6.92 Å². The van der Waals surface area contributed by atoms with Gasteiger partial charge in [-0.15, -0.1) is 10.2 Å². The van der Waals surface area contributed by atoms with Gasteiger partial charge in [0.1, 0.15) is 5.82 Å². The topological polar surface area (TPSA) is 80.5 Å². The van der Waals surface area contributed by atoms with Crippen LogP contribution in [0.1, 0.15) is 12.8 Å². The van der Waals surface area contributed by atoms with E-state index in [-0.39, 0.29) is 11.5 Å². The number of halogens is 2. The Morgan fingerprint density at radius 2 is 2.16 bits per heavy atom. The fourth-order valence-corrected chi connectivity index (χ4v) is 2.39. The van der Waals surface area contributed by atoms with Gasteiger partial charge in [-0.05, 0) is 25.1 Å². The molecule has 0 spiro atoms. The first-order chi connectivity index (χ1) is 12.1. The molecule has 7 nitrogen and oxygen atoms in total. The number of benzene rings is 1. The number of piperazine rings is 1. The number of nitrogens with zero attached hydrogens (tertiary/aromatic N) is 3. The van der Waals surface area contributed by atoms with Crippen LogP contribution in [0.2, 0.25) is 5.02 Å². The van der Waals surface area contributed by atoms with Crippen molar-refractivity contribution in [3.8, 4) is 11.5 Å². The first kappa shape index (κ1) is 19.3. The number of ether oxygens (including phenoxy) is 1. The van der Waals surface area contributed by atoms with E-state index in [1.807, 2.05) is 0 Å². The summed E-state index contributed by atoms with van der Waals surface area (Å²) in [5.41, 5.74) is 0.233. The molecule has 2 aromatic rings. The van der Waals surface area contributed by atoms with E-state index in [0.29, 0.717) is 30.5 Å². The van der Waals surface area contributed by atoms with Crippen LogP contribution in [0.4, 0.5) is 4.39 Å². The maximum absolute atomic E-state index is 13.7. The quantitative estimate of drug-likeness (QED) is 0.807. The van der Waals surface area contributed by atoms with Crippen molar-refractivity contribution in [2.45, 2.75) is 13.5 Å². The van der Waals surface area contributed by atoms with Crippen molar-refractivity contribution in [1.29, 1.82) is 0 Å². The molecule has 0 bridgehead atoms. The summed E-state index contributed by atoms with van der Waals surface area (Å²) in [6.07, 6.45) is 0. The predicted octanol–water partition coefficient (Wildman–Crippen LogP) is 2.11. The molecule has 3 rings (SSSR count). The van der Waals surface area contributed by atoms with Gasteiger partial charge in [0.2, 0.25) is 5.89 Å². The number of aromatic nitrogens is 2. The van der Waals surface area contributed by atoms with Gasteiger partial charge in [-0.25, -0.2) is 4.39 Å². The van der Waals surface area contributed by atoms with Gasteiger partial charge in [0.05, 0.1) is 18.7 Å². The number of hydrogen-bond donors (Lipinski definition) is 1. The van der Waals surface area contributed by atoms with Gasteiger partial charge in [-0.3, -0.25) is 9.69 Å². The van der Waals surface area contributed by atoms with E-state index in [4.69, 9.17) is 16.0 Å². The van der Waals surface area contributed by atoms with Crippen LogP contribution in [0.5, 0.6) is 0 Å². The minimum absolute atomic E-state index is 0.162. The first-order valence-electron chi connectivity index (χ1n) is 7.90. The third kappa shape index (κ3) is 6.08. The lowest BCUT2D eigenvalue weighted by molar-refractivity contribution is -0.128. The molecule has 0 amide bonds. The highest BCUT2D eigenvalue weighted by Gasteiger charge is 2.17. The number of nitrogens with one attached hydrogen (secondary N) is 1. The summed E-state index contributed by atoms with van der Waals surface area (Å²) in [7, 11) is 0. The van der Waals surface area contributed by atoms with Crippen LogP contribution in [0.15, 0.2) is 22.6 Å². The Morgan fingerprint density at radius 3 is 2.80 bits per heavy atom. The Bertz CT molecular complexity index is 677. The molecule has 9 heteroatoms. The summed E-state index contributed by atoms with van der Waals surface area (Å²) in [6, 6.07) is 4.26. The average molecular weight is 371 g/mol. The third-order valence-electron chi connectivity index (χ3n) is 3.43. The van der Waals surface area contributed by atoms with Crippen molar-refractivity contribution < 1.29 is 18.3 Å². The van der Waals surface area contributed by atoms with Gasteiger partial charge in [0.15, 0.2) is 0 Å². The van der Waals surface area contributed by atoms with E-state index in [2.05, 4.69) is 25.2 Å². The molecule has 25 heavy (non-hydrogen) atoms. The number of carbonyl (C=O) groups is 1. The van der Waals surface area contributed by atoms with Crippen molar-refractivity contribution in [3.63, 3.8) is 0 Å². The van der Waals surface area contributed by atoms with E-state index in [9.17, 15) is 9.18 Å². The lowest BCUT2D eigenvalue weighted by Gasteiger charge is -2.25. The molecule has 0 radical (unpaired) electrons. The van der Waals surface area contributed by atoms with Crippen LogP contribution < -0.4 is 5.32 Å². The highest BCUT2D eigenvalue weighted by molar-refractivity contribution is 6.30. The van der Waals surface area contributed by atoms with Crippen molar-refractivity contribution >= 4 is 18.1 Å². The molecule has 1 aliphatic rings. The highest BCUT2D eigenvalue weighted by Crippen LogP contribution is 2.25. The first-order valence-corrected chi connectivity index (χ1v) is 8.28. The van der Waals surface area contributed by atoms with Gasteiger partial charge in [-0.1, -0.05) is 11.6 Å². The van der Waals surface area contributed by atoms with E-state index in [0.717, 1.165) is 26.2 Å². The minimum atomic E-state index is -0.424. The van der Waals surface area contributed by atoms with E-state index in [1.165, 1.54) is 18.2 Å². The van der Waals surface area contributed by atoms with Crippen molar-refractivity contribution in [1.82, 2.24) is 20.4 Å². The van der Waals surface area contributed by atoms with Gasteiger partial charge in [-0.2, -0.15) is 0 Å². The molecule has 1 aromatic heterocycles. The van der Waals surface area contributed by atoms with Crippen LogP contribution in [-0.2, 0) is 16.1 Å². The maximum Gasteiger partial charge on any atom is 0.293 e. The molecule has 0 unspecified atom stereocenters. The zero-order valence-corrected chi connectivity index (χ0v) is 14.6. The highest BCUT2D eigenvalue weighted by atomic mass is 35.5. The standard InChI is InChI=1S/C13H14ClFN4O.C3H6O2/c14-9-1-2-11(15)10(7-9)13-18-17-12(20-13)8-19-5-3-16-4-6-19;1-2-5-3-4/h1-2,7,16H,3-6,8H2;3H,2H2,1H3. The Hall–Kier alpha value is -2.03. The number of rotatable bonds is 5. The second-order valence-corrected chi connectivity index (χ2v) is 5.64. The Morgan fingerprint density at radius 1 is 1.40 bits per heavy atom. The van der Waals surface area contributed by atoms with Gasteiger partial charge < -0.3 is 14.5 Å². The average Bonchev–Trinajstić information content (AvgIpc) is 3.07. The SMILES string of the molecule is CCOC=O.Fc1ccc(Cl)cc1-c1nnc(CN2CCNCC2)o1. The zero-order chi connectivity index (χ0) is 18.1. The fraction of sp³-hybridized carbons (Fsp3) is 0.438. The van der Waals surface area contributed by atoms with Crippen LogP contribution in [0.3, 0.4) is 0 Å². The summed E-state index contributed by atoms with van der Waals surface area (Å²) in [5, 5.41) is 11.6. The van der Waals surface area contributed by atoms with Gasteiger partial charge in [0, 0.05) is 31.2 Å². The minimum Gasteiger partial charge on any atom is -0.468 e. The monoisotopic (exact) mass is 370 g/mol. The lowest BCUT2D eigenvalue weighted by Crippen LogP contribution is -2.42. The lowest BCUT2D eigenvalue weighted by atomic mass is 10.2. The van der Waals surface area contributed by atoms with Crippen LogP contribution in [0.25, 0.3) is 11.5 Å². The van der Waals surface area contributed by atoms with Crippen molar-refractivity contribution in [2.75, 3.05) is 32.8 Å². The molecule has 1 aromatic carbocycles. The Balaban J connectivity index is 0.000000399. The van der Waals surface area contributed by atoms with Crippen molar-refractivity contribution in [3.05, 3.63) is 34.9 Å². The van der Waals surface area contributed by atoms with Crippen LogP contribution in [0, 0.1) is 5.82 Å². The molecule has 0 atom stereocenters. The number of carbonyl (C=O) groups excluding carboxylic acids is 1. The molecule has 1 aliphatic heterocycles. The van der Waals surface area contributed by atoms with Gasteiger partial charge in [0.25, 0.3) is 12.4 Å². The molecule has 136 valence electrons. The molecule has 0 saturated carbocycles. The maximum atomic E-state index is 13.7. The Labute approximate surface area is 150 Å². The third-order valence-corrected chi connectivity index (χ3v) is 3.66. The smallest absolute Gasteiger partial charge is 0.293 e. The molecular formula is C16H20ClFN4O3. The van der Waals surface area contributed by atoms with Crippen LogP contribution in [-0.4, -0.2) is 54.4 Å². The molecule has 2 heterocycles. The van der Waals surface area contributed by atoms with Crippen molar-refractivity contribution in [2.24, 2.45) is 0 Å². The molecular weight excluding hydrogens is 351 g/mol. The molecule has 1 N–H and O–H groups in total. The summed E-state index contributed by atoms with van der Waals surface area (Å²) >= 11 is 5.86. The summed E-state index contributed by atoms with van der Waals surface area (Å²) in [6.45, 7) is 7.01. The Kier molecular flexibility index (Phi) is 7.77. The second kappa shape index (κ2) is 10.1. The predicted molar refractivity (Wildman–Crippen MR) is 90.5 cm³/mol. The largest absolute Gasteiger partial charge is 0.468 e. The summed E-state index contributed by atoms with van der Waals surface area (Å²) < 4.78 is 23.4. The zero-order valence-electron chi connectivity index (χ0n) is 13.9. The number of hydrogen-bond acceptors (Lipinski definition) is 7. The molecule has 1 saturated heterocycles. The second-order valence-electron chi connectivity index (χ2n) is 5.20. The molecule has 0 aliphatic carbocycles. The van der Waals surface area contributed by atoms with E-state index >= 15 is 0 Å². The van der Waals surface area contributed by atoms with Gasteiger partial charge >= 0.3 is 0 Å². The summed E-state index contributed by atoms with van der Waals surface area (Å²) in [4.78, 5) is 11.4. The van der Waals surface area contributed by atoms with E-state index < -0.39 is 5.82 Å². The van der Waals surface area contributed by atoms with Crippen LogP contribution >= 0.6 is 11.6 Å². The normalized spacial score (nSPS) is 14.5.